The van der Waals surface area contributed by atoms with E-state index < -0.39 is 10.0 Å². The molecule has 1 heterocycles. The molecule has 0 aliphatic carbocycles. The lowest BCUT2D eigenvalue weighted by molar-refractivity contribution is 0.0200. The number of ether oxygens (including phenoxy) is 2. The quantitative estimate of drug-likeness (QED) is 0.581. The molecule has 0 unspecified atom stereocenters. The van der Waals surface area contributed by atoms with Crippen molar-refractivity contribution in [2.45, 2.75) is 25.7 Å². The van der Waals surface area contributed by atoms with Crippen molar-refractivity contribution in [2.75, 3.05) is 51.8 Å². The summed E-state index contributed by atoms with van der Waals surface area (Å²) >= 11 is 0. The Kier molecular flexibility index (Phi) is 8.56. The van der Waals surface area contributed by atoms with Crippen LogP contribution in [-0.4, -0.2) is 65.1 Å². The zero-order valence-corrected chi connectivity index (χ0v) is 12.4. The molecule has 1 saturated heterocycles. The molecule has 2 N–H and O–H groups in total. The highest BCUT2D eigenvalue weighted by atomic mass is 32.2. The van der Waals surface area contributed by atoms with Gasteiger partial charge in [-0.1, -0.05) is 12.8 Å². The summed E-state index contributed by atoms with van der Waals surface area (Å²) in [4.78, 5) is 2.34. The third kappa shape index (κ3) is 10.3. The van der Waals surface area contributed by atoms with E-state index in [1.807, 2.05) is 0 Å². The monoisotopic (exact) mass is 294 g/mol. The van der Waals surface area contributed by atoms with E-state index in [1.54, 1.807) is 0 Å². The van der Waals surface area contributed by atoms with E-state index >= 15 is 0 Å². The van der Waals surface area contributed by atoms with E-state index in [1.165, 1.54) is 0 Å². The Morgan fingerprint density at radius 2 is 1.74 bits per heavy atom. The molecule has 0 atom stereocenters. The number of morpholine rings is 1. The van der Waals surface area contributed by atoms with Crippen LogP contribution < -0.4 is 5.14 Å². The van der Waals surface area contributed by atoms with Gasteiger partial charge in [0.15, 0.2) is 0 Å². The van der Waals surface area contributed by atoms with Crippen LogP contribution in [0, 0.1) is 0 Å². The molecule has 114 valence electrons. The molecule has 0 radical (unpaired) electrons. The van der Waals surface area contributed by atoms with Crippen LogP contribution in [0.2, 0.25) is 0 Å². The van der Waals surface area contributed by atoms with Crippen molar-refractivity contribution in [3.8, 4) is 0 Å². The molecule has 6 nitrogen and oxygen atoms in total. The van der Waals surface area contributed by atoms with Crippen LogP contribution in [0.1, 0.15) is 25.7 Å². The van der Waals surface area contributed by atoms with Crippen LogP contribution in [0.5, 0.6) is 0 Å². The second kappa shape index (κ2) is 9.66. The minimum absolute atomic E-state index is 0.0882. The van der Waals surface area contributed by atoms with Crippen molar-refractivity contribution < 1.29 is 17.9 Å². The zero-order valence-electron chi connectivity index (χ0n) is 11.6. The third-order valence-electron chi connectivity index (χ3n) is 3.12. The second-order valence-corrected chi connectivity index (χ2v) is 6.58. The summed E-state index contributed by atoms with van der Waals surface area (Å²) in [6.07, 6.45) is 3.51. The van der Waals surface area contributed by atoms with E-state index in [2.05, 4.69) is 4.90 Å². The molecule has 0 bridgehead atoms. The van der Waals surface area contributed by atoms with E-state index in [0.29, 0.717) is 6.42 Å². The van der Waals surface area contributed by atoms with Crippen LogP contribution in [0.3, 0.4) is 0 Å². The summed E-state index contributed by atoms with van der Waals surface area (Å²) in [5, 5.41) is 4.92. The van der Waals surface area contributed by atoms with Gasteiger partial charge in [0.2, 0.25) is 10.0 Å². The average Bonchev–Trinajstić information content (AvgIpc) is 2.37. The summed E-state index contributed by atoms with van der Waals surface area (Å²) in [5.74, 6) is 0.0882. The lowest BCUT2D eigenvalue weighted by Crippen LogP contribution is -2.38. The maximum absolute atomic E-state index is 10.7. The van der Waals surface area contributed by atoms with Gasteiger partial charge in [0.25, 0.3) is 0 Å². The van der Waals surface area contributed by atoms with E-state index in [0.717, 1.165) is 65.3 Å². The maximum atomic E-state index is 10.7. The molecule has 7 heteroatoms. The summed E-state index contributed by atoms with van der Waals surface area (Å²) in [6.45, 7) is 6.12. The Labute approximate surface area is 116 Å². The molecule has 0 aromatic heterocycles. The molecular formula is C12H26N2O4S. The largest absolute Gasteiger partial charge is 0.380 e. The molecule has 1 fully saturated rings. The first-order valence-corrected chi connectivity index (χ1v) is 8.68. The number of nitrogens with two attached hydrogens (primary N) is 1. The standard InChI is InChI=1S/C12H26N2O4S/c13-19(15,16)12-4-2-1-3-8-17-9-5-14-6-10-18-11-7-14/h1-12H2,(H2,13,15,16). The number of hydrogen-bond donors (Lipinski definition) is 1. The Morgan fingerprint density at radius 3 is 2.42 bits per heavy atom. The van der Waals surface area contributed by atoms with Crippen LogP contribution in [0.15, 0.2) is 0 Å². The number of rotatable bonds is 10. The fourth-order valence-corrected chi connectivity index (χ4v) is 2.59. The van der Waals surface area contributed by atoms with E-state index in [4.69, 9.17) is 14.6 Å². The van der Waals surface area contributed by atoms with Crippen LogP contribution in [0.25, 0.3) is 0 Å². The van der Waals surface area contributed by atoms with E-state index in [9.17, 15) is 8.42 Å². The van der Waals surface area contributed by atoms with Crippen LogP contribution in [0.4, 0.5) is 0 Å². The van der Waals surface area contributed by atoms with Gasteiger partial charge in [0, 0.05) is 26.2 Å². The Bertz CT molecular complexity index is 316. The van der Waals surface area contributed by atoms with Gasteiger partial charge in [-0.25, -0.2) is 13.6 Å². The number of nitrogens with zero attached hydrogens (tertiary/aromatic N) is 1. The number of unbranched alkanes of at least 4 members (excludes halogenated alkanes) is 3. The van der Waals surface area contributed by atoms with Crippen molar-refractivity contribution in [1.29, 1.82) is 0 Å². The molecule has 0 amide bonds. The smallest absolute Gasteiger partial charge is 0.209 e. The minimum atomic E-state index is -3.28. The normalized spacial score (nSPS) is 17.7. The average molecular weight is 294 g/mol. The molecule has 0 aromatic rings. The summed E-state index contributed by atoms with van der Waals surface area (Å²) in [6, 6.07) is 0. The molecular weight excluding hydrogens is 268 g/mol. The van der Waals surface area contributed by atoms with Crippen molar-refractivity contribution in [2.24, 2.45) is 5.14 Å². The predicted molar refractivity (Wildman–Crippen MR) is 74.5 cm³/mol. The maximum Gasteiger partial charge on any atom is 0.209 e. The molecule has 1 rings (SSSR count). The molecule has 0 aromatic carbocycles. The van der Waals surface area contributed by atoms with Crippen LogP contribution >= 0.6 is 0 Å². The number of sulfonamides is 1. The third-order valence-corrected chi connectivity index (χ3v) is 3.98. The van der Waals surface area contributed by atoms with Gasteiger partial charge < -0.3 is 9.47 Å². The first-order valence-electron chi connectivity index (χ1n) is 6.96. The first kappa shape index (κ1) is 16.8. The number of primary sulfonamides is 1. The van der Waals surface area contributed by atoms with Crippen molar-refractivity contribution in [1.82, 2.24) is 4.90 Å². The van der Waals surface area contributed by atoms with Gasteiger partial charge in [-0.2, -0.15) is 0 Å². The zero-order chi connectivity index (χ0) is 14.0. The van der Waals surface area contributed by atoms with E-state index in [-0.39, 0.29) is 5.75 Å². The highest BCUT2D eigenvalue weighted by Gasteiger charge is 2.09. The fourth-order valence-electron chi connectivity index (χ4n) is 1.98. The van der Waals surface area contributed by atoms with Crippen molar-refractivity contribution >= 4 is 10.0 Å². The van der Waals surface area contributed by atoms with Gasteiger partial charge in [0.05, 0.1) is 25.6 Å². The highest BCUT2D eigenvalue weighted by molar-refractivity contribution is 7.89. The van der Waals surface area contributed by atoms with Gasteiger partial charge in [-0.05, 0) is 12.8 Å². The first-order chi connectivity index (χ1) is 9.08. The minimum Gasteiger partial charge on any atom is -0.380 e. The molecule has 0 spiro atoms. The molecule has 0 saturated carbocycles. The SMILES string of the molecule is NS(=O)(=O)CCCCCCOCCN1CCOCC1. The second-order valence-electron chi connectivity index (χ2n) is 4.85. The highest BCUT2D eigenvalue weighted by Crippen LogP contribution is 2.02. The summed E-state index contributed by atoms with van der Waals surface area (Å²) < 4.78 is 32.2. The predicted octanol–water partition coefficient (Wildman–Crippen LogP) is 0.184. The Morgan fingerprint density at radius 1 is 1.05 bits per heavy atom. The van der Waals surface area contributed by atoms with Crippen molar-refractivity contribution in [3.05, 3.63) is 0 Å². The van der Waals surface area contributed by atoms with Gasteiger partial charge >= 0.3 is 0 Å². The molecule has 1 aliphatic heterocycles. The Balaban J connectivity index is 1.81. The number of hydrogen-bond acceptors (Lipinski definition) is 5. The lowest BCUT2D eigenvalue weighted by Gasteiger charge is -2.26. The Hall–Kier alpha value is -0.210. The van der Waals surface area contributed by atoms with Crippen molar-refractivity contribution in [3.63, 3.8) is 0 Å². The fraction of sp³-hybridized carbons (Fsp3) is 1.00. The van der Waals surface area contributed by atoms with Gasteiger partial charge in [-0.3, -0.25) is 4.90 Å². The lowest BCUT2D eigenvalue weighted by atomic mass is 10.2. The topological polar surface area (TPSA) is 81.9 Å². The van der Waals surface area contributed by atoms with Crippen LogP contribution in [-0.2, 0) is 19.5 Å². The molecule has 1 aliphatic rings. The van der Waals surface area contributed by atoms with Gasteiger partial charge in [0.1, 0.15) is 0 Å². The molecule has 19 heavy (non-hydrogen) atoms. The van der Waals surface area contributed by atoms with Gasteiger partial charge in [-0.15, -0.1) is 0 Å². The summed E-state index contributed by atoms with van der Waals surface area (Å²) in [5.41, 5.74) is 0. The summed E-state index contributed by atoms with van der Waals surface area (Å²) in [7, 11) is -3.28.